The van der Waals surface area contributed by atoms with Gasteiger partial charge >= 0.3 is 12.1 Å². The fourth-order valence-electron chi connectivity index (χ4n) is 4.23. The van der Waals surface area contributed by atoms with E-state index in [0.717, 1.165) is 42.5 Å². The van der Waals surface area contributed by atoms with Gasteiger partial charge in [0.05, 0.1) is 26.5 Å². The molecule has 1 aromatic heterocycles. The quantitative estimate of drug-likeness (QED) is 0.295. The van der Waals surface area contributed by atoms with Gasteiger partial charge in [0, 0.05) is 37.8 Å². The maximum Gasteiger partial charge on any atom is 0.420 e. The van der Waals surface area contributed by atoms with Crippen molar-refractivity contribution in [3.63, 3.8) is 0 Å². The third kappa shape index (κ3) is 6.58. The lowest BCUT2D eigenvalue weighted by atomic mass is 10.1. The molecule has 0 amide bonds. The molecule has 0 spiro atoms. The summed E-state index contributed by atoms with van der Waals surface area (Å²) in [6.45, 7) is 0.0193. The van der Waals surface area contributed by atoms with Gasteiger partial charge in [0.15, 0.2) is 5.69 Å². The highest BCUT2D eigenvalue weighted by molar-refractivity contribution is 7.82. The summed E-state index contributed by atoms with van der Waals surface area (Å²) in [7, 11) is -0.726. The molecule has 0 aliphatic carbocycles. The zero-order chi connectivity index (χ0) is 29.4. The van der Waals surface area contributed by atoms with Gasteiger partial charge < -0.3 is 14.7 Å². The molecule has 1 unspecified atom stereocenters. The lowest BCUT2D eigenvalue weighted by Crippen LogP contribution is -2.39. The number of alkyl halides is 5. The number of fused-ring (bicyclic) bond motifs is 1. The molecule has 216 valence electrons. The van der Waals surface area contributed by atoms with E-state index in [1.165, 1.54) is 33.9 Å². The Balaban J connectivity index is 1.84. The maximum absolute atomic E-state index is 14.3. The first kappa shape index (κ1) is 29.8. The Labute approximate surface area is 231 Å². The number of anilines is 2. The van der Waals surface area contributed by atoms with Gasteiger partial charge in [0.25, 0.3) is 0 Å². The monoisotopic (exact) mass is 607 g/mol. The Bertz CT molecular complexity index is 1430. The summed E-state index contributed by atoms with van der Waals surface area (Å²) >= 11 is 0.879. The predicted octanol–water partition coefficient (Wildman–Crippen LogP) is 6.49. The van der Waals surface area contributed by atoms with Crippen LogP contribution in [0.3, 0.4) is 0 Å². The van der Waals surface area contributed by atoms with Crippen LogP contribution in [0.2, 0.25) is 0 Å². The summed E-state index contributed by atoms with van der Waals surface area (Å²) in [5.74, 6) is -5.81. The number of halogens is 6. The number of likely N-dealkylation sites (N-methyl/N-ethyl adjacent to an activating group) is 1. The average molecular weight is 608 g/mol. The average Bonchev–Trinajstić information content (AvgIpc) is 3.31. The zero-order valence-electron chi connectivity index (χ0n) is 21.0. The number of nitrogens with zero attached hydrogens (tertiary/aromatic N) is 3. The van der Waals surface area contributed by atoms with Crippen LogP contribution in [0.4, 0.5) is 37.7 Å². The van der Waals surface area contributed by atoms with E-state index < -0.39 is 65.3 Å². The Hall–Kier alpha value is -3.17. The van der Waals surface area contributed by atoms with Gasteiger partial charge in [0.2, 0.25) is 5.92 Å². The summed E-state index contributed by atoms with van der Waals surface area (Å²) in [4.78, 5) is 16.3. The molecule has 2 aromatic carbocycles. The van der Waals surface area contributed by atoms with Crippen LogP contribution in [0, 0.1) is 5.82 Å². The molecule has 0 saturated heterocycles. The smallest absolute Gasteiger partial charge is 0.420 e. The van der Waals surface area contributed by atoms with E-state index in [2.05, 4.69) is 4.98 Å². The fourth-order valence-corrected chi connectivity index (χ4v) is 6.20. The largest absolute Gasteiger partial charge is 0.487 e. The minimum absolute atomic E-state index is 0.0655. The van der Waals surface area contributed by atoms with Crippen molar-refractivity contribution in [2.24, 2.45) is 0 Å². The van der Waals surface area contributed by atoms with Gasteiger partial charge in [-0.3, -0.25) is 0 Å². The molecule has 4 rings (SSSR count). The number of aromatic nitrogens is 1. The van der Waals surface area contributed by atoms with E-state index in [1.54, 1.807) is 0 Å². The second kappa shape index (κ2) is 11.4. The molecule has 7 nitrogen and oxygen atoms in total. The number of benzene rings is 2. The highest BCUT2D eigenvalue weighted by Crippen LogP contribution is 2.45. The van der Waals surface area contributed by atoms with E-state index >= 15 is 0 Å². The Morgan fingerprint density at radius 1 is 1.23 bits per heavy atom. The molecule has 15 heteroatoms. The fraction of sp³-hybridized carbons (Fsp3) is 0.360. The van der Waals surface area contributed by atoms with Gasteiger partial charge in [-0.2, -0.15) is 13.2 Å². The lowest BCUT2D eigenvalue weighted by Gasteiger charge is -2.30. The van der Waals surface area contributed by atoms with Crippen LogP contribution in [0.25, 0.3) is 0 Å². The summed E-state index contributed by atoms with van der Waals surface area (Å²) in [5.41, 5.74) is -0.425. The van der Waals surface area contributed by atoms with Crippen LogP contribution in [0.15, 0.2) is 46.8 Å². The number of ether oxygens (including phenoxy) is 1. The maximum atomic E-state index is 14.3. The Morgan fingerprint density at radius 3 is 2.58 bits per heavy atom. The van der Waals surface area contributed by atoms with Crippen LogP contribution in [-0.4, -0.2) is 50.1 Å². The molecular formula is C25H23F6N3O4S2. The number of hydrogen-bond acceptors (Lipinski definition) is 6. The number of carbonyl (C=O) groups is 1. The first-order valence-corrected chi connectivity index (χ1v) is 13.7. The molecule has 1 aliphatic rings. The van der Waals surface area contributed by atoms with E-state index in [1.807, 2.05) is 0 Å². The minimum atomic E-state index is -4.95. The molecule has 2 atom stereocenters. The van der Waals surface area contributed by atoms with Crippen molar-refractivity contribution < 1.29 is 45.2 Å². The SMILES string of the molecule is CN1[C@H](CCC(C)(F)F)CN(c2cccc(F)c2)c2cc(C(F)(F)F)c(OCc3scnc3C(=O)O)cc2S1=O. The molecule has 3 aromatic rings. The van der Waals surface area contributed by atoms with Crippen LogP contribution in [0.1, 0.15) is 40.7 Å². The van der Waals surface area contributed by atoms with Gasteiger partial charge in [-0.1, -0.05) is 6.07 Å². The lowest BCUT2D eigenvalue weighted by molar-refractivity contribution is -0.139. The highest BCUT2D eigenvalue weighted by Gasteiger charge is 2.40. The van der Waals surface area contributed by atoms with Crippen LogP contribution < -0.4 is 9.64 Å². The van der Waals surface area contributed by atoms with Crippen molar-refractivity contribution in [2.45, 2.75) is 49.4 Å². The molecule has 0 bridgehead atoms. The molecular weight excluding hydrogens is 584 g/mol. The molecule has 2 heterocycles. The summed E-state index contributed by atoms with van der Waals surface area (Å²) in [6, 6.07) is 5.88. The minimum Gasteiger partial charge on any atom is -0.487 e. The standard InChI is InChI=1S/C25H23F6N3O4S2/c1-24(27,28)7-6-16-11-34(15-5-3-4-14(26)8-15)18-9-17(25(29,30)31)19(10-21(18)40(37)33(16)2)38-12-20-22(23(35)36)32-13-39-20/h3-5,8-10,13,16H,6-7,11-12H2,1-2H3,(H,35,36)/t16-,40?/m1/s1. The normalized spacial score (nSPS) is 18.4. The van der Waals surface area contributed by atoms with Crippen molar-refractivity contribution in [3.05, 3.63) is 63.9 Å². The number of carboxylic acids is 1. The number of hydrogen-bond donors (Lipinski definition) is 1. The van der Waals surface area contributed by atoms with Crippen LogP contribution in [0.5, 0.6) is 5.75 Å². The predicted molar refractivity (Wildman–Crippen MR) is 136 cm³/mol. The highest BCUT2D eigenvalue weighted by atomic mass is 32.2. The number of aromatic carboxylic acids is 1. The first-order valence-electron chi connectivity index (χ1n) is 11.7. The van der Waals surface area contributed by atoms with Gasteiger partial charge in [-0.15, -0.1) is 11.3 Å². The van der Waals surface area contributed by atoms with Gasteiger partial charge in [-0.05, 0) is 37.6 Å². The van der Waals surface area contributed by atoms with E-state index in [9.17, 15) is 40.5 Å². The Kier molecular flexibility index (Phi) is 8.47. The number of thiazole rings is 1. The van der Waals surface area contributed by atoms with Crippen molar-refractivity contribution in [1.29, 1.82) is 0 Å². The first-order chi connectivity index (χ1) is 18.7. The number of rotatable bonds is 8. The van der Waals surface area contributed by atoms with Crippen molar-refractivity contribution in [1.82, 2.24) is 9.29 Å². The van der Waals surface area contributed by atoms with E-state index in [4.69, 9.17) is 4.74 Å². The van der Waals surface area contributed by atoms with Crippen LogP contribution in [-0.2, 0) is 23.8 Å². The molecule has 0 saturated carbocycles. The summed E-state index contributed by atoms with van der Waals surface area (Å²) < 4.78 is 105. The zero-order valence-corrected chi connectivity index (χ0v) is 22.7. The molecule has 0 fully saturated rings. The van der Waals surface area contributed by atoms with Crippen molar-refractivity contribution in [2.75, 3.05) is 18.5 Å². The van der Waals surface area contributed by atoms with Gasteiger partial charge in [-0.25, -0.2) is 31.5 Å². The second-order valence-corrected chi connectivity index (χ2v) is 11.6. The molecule has 40 heavy (non-hydrogen) atoms. The molecule has 1 N–H and O–H groups in total. The number of carboxylic acid groups (broad SMARTS) is 1. The third-order valence-corrected chi connectivity index (χ3v) is 8.58. The second-order valence-electron chi connectivity index (χ2n) is 9.18. The van der Waals surface area contributed by atoms with E-state index in [0.29, 0.717) is 0 Å². The molecule has 0 radical (unpaired) electrons. The molecule has 1 aliphatic heterocycles. The summed E-state index contributed by atoms with van der Waals surface area (Å²) in [5, 5.41) is 9.25. The summed E-state index contributed by atoms with van der Waals surface area (Å²) in [6.07, 6.45) is -5.68. The van der Waals surface area contributed by atoms with E-state index in [-0.39, 0.29) is 39.8 Å². The Morgan fingerprint density at radius 2 is 1.95 bits per heavy atom. The van der Waals surface area contributed by atoms with Crippen molar-refractivity contribution in [3.8, 4) is 5.75 Å². The van der Waals surface area contributed by atoms with Crippen molar-refractivity contribution >= 4 is 39.7 Å². The topological polar surface area (TPSA) is 83.0 Å². The van der Waals surface area contributed by atoms with Gasteiger partial charge in [0.1, 0.15) is 29.2 Å². The van der Waals surface area contributed by atoms with Crippen LogP contribution >= 0.6 is 11.3 Å². The third-order valence-electron chi connectivity index (χ3n) is 6.25.